The lowest BCUT2D eigenvalue weighted by molar-refractivity contribution is -0.0518. The normalized spacial score (nSPS) is 10.7. The summed E-state index contributed by atoms with van der Waals surface area (Å²) in [6, 6.07) is 14.9. The molecule has 0 bridgehead atoms. The number of alkyl halides is 2. The van der Waals surface area contributed by atoms with E-state index in [0.717, 1.165) is 5.56 Å². The SMILES string of the molecule is COc1cccc(CNCc2ccccc2)c1OC(F)F. The van der Waals surface area contributed by atoms with Crippen LogP contribution in [0.2, 0.25) is 0 Å². The summed E-state index contributed by atoms with van der Waals surface area (Å²) in [6.45, 7) is -1.82. The first-order valence-electron chi connectivity index (χ1n) is 6.56. The molecule has 0 aromatic heterocycles. The molecular formula is C16H17F2NO2. The largest absolute Gasteiger partial charge is 0.493 e. The van der Waals surface area contributed by atoms with Gasteiger partial charge in [0.25, 0.3) is 0 Å². The topological polar surface area (TPSA) is 30.5 Å². The average Bonchev–Trinajstić information content (AvgIpc) is 2.49. The van der Waals surface area contributed by atoms with Gasteiger partial charge in [-0.25, -0.2) is 0 Å². The second-order valence-electron chi connectivity index (χ2n) is 4.42. The second-order valence-corrected chi connectivity index (χ2v) is 4.42. The first-order valence-corrected chi connectivity index (χ1v) is 6.56. The minimum absolute atomic E-state index is 0.0792. The van der Waals surface area contributed by atoms with E-state index in [1.807, 2.05) is 30.3 Å². The summed E-state index contributed by atoms with van der Waals surface area (Å²) in [4.78, 5) is 0. The molecule has 21 heavy (non-hydrogen) atoms. The Balaban J connectivity index is 2.05. The van der Waals surface area contributed by atoms with Crippen LogP contribution >= 0.6 is 0 Å². The third-order valence-electron chi connectivity index (χ3n) is 2.97. The highest BCUT2D eigenvalue weighted by atomic mass is 19.3. The lowest BCUT2D eigenvalue weighted by Crippen LogP contribution is -2.15. The number of ether oxygens (including phenoxy) is 2. The van der Waals surface area contributed by atoms with Crippen LogP contribution in [0, 0.1) is 0 Å². The maximum Gasteiger partial charge on any atom is 0.387 e. The van der Waals surface area contributed by atoms with E-state index in [0.29, 0.717) is 24.4 Å². The van der Waals surface area contributed by atoms with Crippen LogP contribution in [-0.2, 0) is 13.1 Å². The Kier molecular flexibility index (Phi) is 5.51. The van der Waals surface area contributed by atoms with E-state index in [1.165, 1.54) is 7.11 Å². The quantitative estimate of drug-likeness (QED) is 0.846. The first-order chi connectivity index (χ1) is 10.2. The highest BCUT2D eigenvalue weighted by molar-refractivity contribution is 5.46. The molecule has 0 amide bonds. The van der Waals surface area contributed by atoms with Gasteiger partial charge >= 0.3 is 6.61 Å². The van der Waals surface area contributed by atoms with Crippen LogP contribution in [0.25, 0.3) is 0 Å². The highest BCUT2D eigenvalue weighted by Crippen LogP contribution is 2.32. The van der Waals surface area contributed by atoms with E-state index < -0.39 is 6.61 Å². The van der Waals surface area contributed by atoms with Crippen molar-refractivity contribution in [3.8, 4) is 11.5 Å². The van der Waals surface area contributed by atoms with Crippen LogP contribution < -0.4 is 14.8 Å². The van der Waals surface area contributed by atoms with Crippen molar-refractivity contribution in [1.82, 2.24) is 5.32 Å². The lowest BCUT2D eigenvalue weighted by atomic mass is 10.1. The fourth-order valence-electron chi connectivity index (χ4n) is 2.02. The Labute approximate surface area is 122 Å². The first kappa shape index (κ1) is 15.3. The molecule has 0 saturated carbocycles. The molecule has 0 radical (unpaired) electrons. The Bertz CT molecular complexity index is 561. The summed E-state index contributed by atoms with van der Waals surface area (Å²) in [6.07, 6.45) is 0. The van der Waals surface area contributed by atoms with Gasteiger partial charge < -0.3 is 14.8 Å². The van der Waals surface area contributed by atoms with E-state index in [9.17, 15) is 8.78 Å². The number of hydrogen-bond donors (Lipinski definition) is 1. The molecule has 0 atom stereocenters. The fourth-order valence-corrected chi connectivity index (χ4v) is 2.02. The van der Waals surface area contributed by atoms with Gasteiger partial charge in [0.2, 0.25) is 0 Å². The van der Waals surface area contributed by atoms with Gasteiger partial charge in [-0.1, -0.05) is 42.5 Å². The number of halogens is 2. The van der Waals surface area contributed by atoms with E-state index >= 15 is 0 Å². The lowest BCUT2D eigenvalue weighted by Gasteiger charge is -2.14. The molecule has 0 spiro atoms. The zero-order valence-corrected chi connectivity index (χ0v) is 11.7. The van der Waals surface area contributed by atoms with E-state index in [-0.39, 0.29) is 5.75 Å². The van der Waals surface area contributed by atoms with Gasteiger partial charge in [-0.15, -0.1) is 0 Å². The van der Waals surface area contributed by atoms with Crippen molar-refractivity contribution >= 4 is 0 Å². The van der Waals surface area contributed by atoms with E-state index in [2.05, 4.69) is 10.1 Å². The van der Waals surface area contributed by atoms with Crippen molar-refractivity contribution < 1.29 is 18.3 Å². The molecule has 0 unspecified atom stereocenters. The molecular weight excluding hydrogens is 276 g/mol. The summed E-state index contributed by atoms with van der Waals surface area (Å²) < 4.78 is 34.6. The van der Waals surface area contributed by atoms with Gasteiger partial charge in [-0.3, -0.25) is 0 Å². The van der Waals surface area contributed by atoms with Crippen LogP contribution in [0.1, 0.15) is 11.1 Å². The van der Waals surface area contributed by atoms with Crippen molar-refractivity contribution in [3.63, 3.8) is 0 Å². The van der Waals surface area contributed by atoms with Crippen molar-refractivity contribution in [2.75, 3.05) is 7.11 Å². The zero-order chi connectivity index (χ0) is 15.1. The highest BCUT2D eigenvalue weighted by Gasteiger charge is 2.14. The molecule has 0 aliphatic rings. The van der Waals surface area contributed by atoms with Gasteiger partial charge in [0, 0.05) is 18.7 Å². The van der Waals surface area contributed by atoms with Gasteiger partial charge in [0.1, 0.15) is 0 Å². The average molecular weight is 293 g/mol. The Morgan fingerprint density at radius 2 is 1.76 bits per heavy atom. The van der Waals surface area contributed by atoms with Crippen LogP contribution in [0.3, 0.4) is 0 Å². The molecule has 112 valence electrons. The predicted molar refractivity (Wildman–Crippen MR) is 76.6 cm³/mol. The molecule has 0 heterocycles. The van der Waals surface area contributed by atoms with Crippen molar-refractivity contribution in [2.45, 2.75) is 19.7 Å². The molecule has 1 N–H and O–H groups in total. The van der Waals surface area contributed by atoms with E-state index in [4.69, 9.17) is 4.74 Å². The van der Waals surface area contributed by atoms with Gasteiger partial charge in [0.05, 0.1) is 7.11 Å². The summed E-state index contributed by atoms with van der Waals surface area (Å²) in [5.41, 5.74) is 1.75. The number of benzene rings is 2. The van der Waals surface area contributed by atoms with Crippen LogP contribution in [0.15, 0.2) is 48.5 Å². The summed E-state index contributed by atoms with van der Waals surface area (Å²) in [7, 11) is 1.43. The second kappa shape index (κ2) is 7.59. The third-order valence-corrected chi connectivity index (χ3v) is 2.97. The molecule has 0 aliphatic carbocycles. The number of nitrogens with one attached hydrogen (secondary N) is 1. The summed E-state index contributed by atoms with van der Waals surface area (Å²) in [5.74, 6) is 0.380. The fraction of sp³-hybridized carbons (Fsp3) is 0.250. The number of methoxy groups -OCH3 is 1. The molecule has 3 nitrogen and oxygen atoms in total. The van der Waals surface area contributed by atoms with Crippen LogP contribution in [0.4, 0.5) is 8.78 Å². The molecule has 2 aromatic rings. The van der Waals surface area contributed by atoms with Gasteiger partial charge in [0.15, 0.2) is 11.5 Å². The zero-order valence-electron chi connectivity index (χ0n) is 11.7. The standard InChI is InChI=1S/C16H17F2NO2/c1-20-14-9-5-8-13(15(14)21-16(17)18)11-19-10-12-6-3-2-4-7-12/h2-9,16,19H,10-11H2,1H3. The summed E-state index contributed by atoms with van der Waals surface area (Å²) >= 11 is 0. The number of para-hydroxylation sites is 1. The van der Waals surface area contributed by atoms with Gasteiger partial charge in [-0.05, 0) is 11.6 Å². The molecule has 0 saturated heterocycles. The van der Waals surface area contributed by atoms with Crippen molar-refractivity contribution in [1.29, 1.82) is 0 Å². The van der Waals surface area contributed by atoms with E-state index in [1.54, 1.807) is 18.2 Å². The van der Waals surface area contributed by atoms with Crippen molar-refractivity contribution in [2.24, 2.45) is 0 Å². The molecule has 2 aromatic carbocycles. The maximum absolute atomic E-state index is 12.5. The van der Waals surface area contributed by atoms with Crippen LogP contribution in [-0.4, -0.2) is 13.7 Å². The van der Waals surface area contributed by atoms with Crippen molar-refractivity contribution in [3.05, 3.63) is 59.7 Å². The predicted octanol–water partition coefficient (Wildman–Crippen LogP) is 3.59. The third kappa shape index (κ3) is 4.43. The smallest absolute Gasteiger partial charge is 0.387 e. The monoisotopic (exact) mass is 293 g/mol. The minimum atomic E-state index is -2.88. The molecule has 5 heteroatoms. The molecule has 0 fully saturated rings. The minimum Gasteiger partial charge on any atom is -0.493 e. The maximum atomic E-state index is 12.5. The number of rotatable bonds is 7. The number of hydrogen-bond acceptors (Lipinski definition) is 3. The van der Waals surface area contributed by atoms with Crippen LogP contribution in [0.5, 0.6) is 11.5 Å². The Hall–Kier alpha value is -2.14. The Morgan fingerprint density at radius 1 is 1.00 bits per heavy atom. The van der Waals surface area contributed by atoms with Gasteiger partial charge in [-0.2, -0.15) is 8.78 Å². The molecule has 0 aliphatic heterocycles. The molecule has 2 rings (SSSR count). The Morgan fingerprint density at radius 3 is 2.43 bits per heavy atom. The summed E-state index contributed by atoms with van der Waals surface area (Å²) in [5, 5.41) is 3.20.